The average Bonchev–Trinajstić information content (AvgIpc) is 2.86. The molecule has 2 heterocycles. The van der Waals surface area contributed by atoms with Crippen molar-refractivity contribution in [1.82, 2.24) is 0 Å². The molecule has 0 amide bonds. The molecule has 0 spiro atoms. The molecule has 2 rings (SSSR count). The molecule has 2 saturated heterocycles. The zero-order chi connectivity index (χ0) is 12.4. The van der Waals surface area contributed by atoms with E-state index in [4.69, 9.17) is 9.47 Å². The van der Waals surface area contributed by atoms with Gasteiger partial charge >= 0.3 is 0 Å². The van der Waals surface area contributed by atoms with Gasteiger partial charge in [0.25, 0.3) is 0 Å². The van der Waals surface area contributed by atoms with Crippen LogP contribution in [0.15, 0.2) is 0 Å². The SMILES string of the molecule is CC1OC(C)C(C(O)CCC2CCCO2)C1C. The molecule has 2 fully saturated rings. The Morgan fingerprint density at radius 1 is 1.24 bits per heavy atom. The first-order chi connectivity index (χ1) is 8.09. The van der Waals surface area contributed by atoms with Gasteiger partial charge in [-0.25, -0.2) is 0 Å². The number of ether oxygens (including phenoxy) is 2. The largest absolute Gasteiger partial charge is 0.393 e. The summed E-state index contributed by atoms with van der Waals surface area (Å²) in [5.74, 6) is 0.732. The predicted octanol–water partition coefficient (Wildman–Crippen LogP) is 2.37. The van der Waals surface area contributed by atoms with Crippen molar-refractivity contribution < 1.29 is 14.6 Å². The fourth-order valence-electron chi connectivity index (χ4n) is 3.38. The van der Waals surface area contributed by atoms with Crippen LogP contribution in [0.5, 0.6) is 0 Å². The van der Waals surface area contributed by atoms with Gasteiger partial charge in [-0.3, -0.25) is 0 Å². The smallest absolute Gasteiger partial charge is 0.0607 e. The lowest BCUT2D eigenvalue weighted by molar-refractivity contribution is 0.0129. The number of hydrogen-bond acceptors (Lipinski definition) is 3. The first-order valence-electron chi connectivity index (χ1n) is 7.04. The van der Waals surface area contributed by atoms with Crippen molar-refractivity contribution in [1.29, 1.82) is 0 Å². The number of hydrogen-bond donors (Lipinski definition) is 1. The topological polar surface area (TPSA) is 38.7 Å². The lowest BCUT2D eigenvalue weighted by Gasteiger charge is -2.25. The first-order valence-corrected chi connectivity index (χ1v) is 7.04. The zero-order valence-electron chi connectivity index (χ0n) is 11.3. The molecular weight excluding hydrogens is 216 g/mol. The summed E-state index contributed by atoms with van der Waals surface area (Å²) in [5.41, 5.74) is 0. The van der Waals surface area contributed by atoms with Crippen LogP contribution in [0.4, 0.5) is 0 Å². The van der Waals surface area contributed by atoms with E-state index in [0.717, 1.165) is 25.9 Å². The van der Waals surface area contributed by atoms with E-state index in [-0.39, 0.29) is 24.2 Å². The van der Waals surface area contributed by atoms with Crippen LogP contribution in [0.1, 0.15) is 46.5 Å². The third-order valence-corrected chi connectivity index (χ3v) is 4.57. The summed E-state index contributed by atoms with van der Waals surface area (Å²) in [6.45, 7) is 7.28. The zero-order valence-corrected chi connectivity index (χ0v) is 11.3. The molecule has 3 nitrogen and oxygen atoms in total. The van der Waals surface area contributed by atoms with Gasteiger partial charge in [0.05, 0.1) is 24.4 Å². The van der Waals surface area contributed by atoms with Crippen LogP contribution >= 0.6 is 0 Å². The minimum atomic E-state index is -0.242. The Bertz CT molecular complexity index is 238. The summed E-state index contributed by atoms with van der Waals surface area (Å²) >= 11 is 0. The third kappa shape index (κ3) is 3.01. The molecule has 17 heavy (non-hydrogen) atoms. The van der Waals surface area contributed by atoms with Crippen molar-refractivity contribution in [2.45, 2.75) is 70.9 Å². The quantitative estimate of drug-likeness (QED) is 0.822. The van der Waals surface area contributed by atoms with Crippen LogP contribution in [0.25, 0.3) is 0 Å². The molecule has 6 unspecified atom stereocenters. The molecule has 0 radical (unpaired) electrons. The Morgan fingerprint density at radius 2 is 2.00 bits per heavy atom. The maximum absolute atomic E-state index is 10.3. The van der Waals surface area contributed by atoms with Gasteiger partial charge in [-0.15, -0.1) is 0 Å². The fraction of sp³-hybridized carbons (Fsp3) is 1.00. The highest BCUT2D eigenvalue weighted by Crippen LogP contribution is 2.36. The Kier molecular flexibility index (Phi) is 4.45. The van der Waals surface area contributed by atoms with Gasteiger partial charge in [0.1, 0.15) is 0 Å². The molecule has 0 saturated carbocycles. The highest BCUT2D eigenvalue weighted by Gasteiger charge is 2.41. The van der Waals surface area contributed by atoms with Crippen molar-refractivity contribution in [3.05, 3.63) is 0 Å². The summed E-state index contributed by atoms with van der Waals surface area (Å²) in [7, 11) is 0. The third-order valence-electron chi connectivity index (χ3n) is 4.57. The second-order valence-electron chi connectivity index (χ2n) is 5.76. The summed E-state index contributed by atoms with van der Waals surface area (Å²) in [4.78, 5) is 0. The van der Waals surface area contributed by atoms with E-state index in [9.17, 15) is 5.11 Å². The molecule has 100 valence electrons. The van der Waals surface area contributed by atoms with E-state index in [2.05, 4.69) is 20.8 Å². The fourth-order valence-corrected chi connectivity index (χ4v) is 3.38. The Morgan fingerprint density at radius 3 is 2.53 bits per heavy atom. The maximum atomic E-state index is 10.3. The van der Waals surface area contributed by atoms with E-state index < -0.39 is 0 Å². The Hall–Kier alpha value is -0.120. The summed E-state index contributed by atoms with van der Waals surface area (Å²) in [6.07, 6.45) is 4.77. The molecule has 0 aromatic heterocycles. The maximum Gasteiger partial charge on any atom is 0.0607 e. The molecule has 3 heteroatoms. The second-order valence-corrected chi connectivity index (χ2v) is 5.76. The molecule has 0 aromatic rings. The molecule has 0 bridgehead atoms. The van der Waals surface area contributed by atoms with E-state index in [1.54, 1.807) is 0 Å². The standard InChI is InChI=1S/C14H26O3/c1-9-10(2)17-11(3)14(9)13(15)7-6-12-5-4-8-16-12/h9-15H,4-8H2,1-3H3. The van der Waals surface area contributed by atoms with Crippen LogP contribution in [0, 0.1) is 11.8 Å². The van der Waals surface area contributed by atoms with E-state index in [1.807, 2.05) is 0 Å². The van der Waals surface area contributed by atoms with Gasteiger partial charge < -0.3 is 14.6 Å². The normalized spacial score (nSPS) is 44.1. The summed E-state index contributed by atoms with van der Waals surface area (Å²) in [6, 6.07) is 0. The number of aliphatic hydroxyl groups excluding tert-OH is 1. The van der Waals surface area contributed by atoms with Crippen LogP contribution in [0.3, 0.4) is 0 Å². The molecule has 2 aliphatic rings. The van der Waals surface area contributed by atoms with Gasteiger partial charge in [-0.05, 0) is 45.4 Å². The Balaban J connectivity index is 1.80. The molecule has 0 aliphatic carbocycles. The minimum absolute atomic E-state index is 0.180. The van der Waals surface area contributed by atoms with Crippen molar-refractivity contribution in [2.24, 2.45) is 11.8 Å². The van der Waals surface area contributed by atoms with Crippen molar-refractivity contribution in [3.8, 4) is 0 Å². The van der Waals surface area contributed by atoms with Gasteiger partial charge in [-0.1, -0.05) is 6.92 Å². The van der Waals surface area contributed by atoms with Gasteiger partial charge in [-0.2, -0.15) is 0 Å². The molecule has 1 N–H and O–H groups in total. The van der Waals surface area contributed by atoms with Crippen LogP contribution < -0.4 is 0 Å². The number of rotatable bonds is 4. The van der Waals surface area contributed by atoms with E-state index in [1.165, 1.54) is 6.42 Å². The van der Waals surface area contributed by atoms with Crippen molar-refractivity contribution in [2.75, 3.05) is 6.61 Å². The Labute approximate surface area is 104 Å². The lowest BCUT2D eigenvalue weighted by Crippen LogP contribution is -2.31. The van der Waals surface area contributed by atoms with E-state index >= 15 is 0 Å². The average molecular weight is 242 g/mol. The second kappa shape index (κ2) is 5.68. The van der Waals surface area contributed by atoms with Crippen LogP contribution in [-0.4, -0.2) is 36.1 Å². The summed E-state index contributed by atoms with van der Waals surface area (Å²) < 4.78 is 11.4. The van der Waals surface area contributed by atoms with E-state index in [0.29, 0.717) is 12.0 Å². The van der Waals surface area contributed by atoms with Crippen LogP contribution in [-0.2, 0) is 9.47 Å². The summed E-state index contributed by atoms with van der Waals surface area (Å²) in [5, 5.41) is 10.3. The highest BCUT2D eigenvalue weighted by molar-refractivity contribution is 4.88. The van der Waals surface area contributed by atoms with Gasteiger partial charge in [0.15, 0.2) is 0 Å². The molecule has 0 aromatic carbocycles. The van der Waals surface area contributed by atoms with Gasteiger partial charge in [0.2, 0.25) is 0 Å². The first kappa shape index (κ1) is 13.3. The van der Waals surface area contributed by atoms with Crippen molar-refractivity contribution in [3.63, 3.8) is 0 Å². The molecule has 2 aliphatic heterocycles. The lowest BCUT2D eigenvalue weighted by atomic mass is 9.83. The molecular formula is C14H26O3. The predicted molar refractivity (Wildman–Crippen MR) is 66.9 cm³/mol. The minimum Gasteiger partial charge on any atom is -0.393 e. The highest BCUT2D eigenvalue weighted by atomic mass is 16.5. The van der Waals surface area contributed by atoms with Gasteiger partial charge in [0, 0.05) is 12.5 Å². The van der Waals surface area contributed by atoms with Crippen LogP contribution in [0.2, 0.25) is 0 Å². The van der Waals surface area contributed by atoms with Crippen molar-refractivity contribution >= 4 is 0 Å². The number of aliphatic hydroxyl groups is 1. The molecule has 6 atom stereocenters. The monoisotopic (exact) mass is 242 g/mol.